The summed E-state index contributed by atoms with van der Waals surface area (Å²) in [5, 5.41) is 3.43. The fraction of sp³-hybridized carbons (Fsp3) is 0.944. The summed E-state index contributed by atoms with van der Waals surface area (Å²) in [6, 6.07) is 0. The monoisotopic (exact) mass is 292 g/mol. The van der Waals surface area contributed by atoms with E-state index >= 15 is 0 Å². The van der Waals surface area contributed by atoms with E-state index in [2.05, 4.69) is 17.1 Å². The van der Waals surface area contributed by atoms with Crippen LogP contribution in [0.2, 0.25) is 0 Å². The number of piperidine rings is 1. The van der Waals surface area contributed by atoms with Crippen LogP contribution < -0.4 is 5.32 Å². The Morgan fingerprint density at radius 3 is 2.33 bits per heavy atom. The molecule has 21 heavy (non-hydrogen) atoms. The molecular weight excluding hydrogens is 260 g/mol. The molecule has 0 aromatic heterocycles. The number of hydrogen-bond acceptors (Lipinski definition) is 2. The first-order valence-electron chi connectivity index (χ1n) is 9.20. The second kappa shape index (κ2) is 6.28. The highest BCUT2D eigenvalue weighted by molar-refractivity contribution is 5.83. The molecule has 120 valence electrons. The van der Waals surface area contributed by atoms with Gasteiger partial charge in [-0.1, -0.05) is 32.6 Å². The highest BCUT2D eigenvalue weighted by Gasteiger charge is 2.45. The van der Waals surface area contributed by atoms with Crippen LogP contribution in [-0.2, 0) is 4.79 Å². The first kappa shape index (κ1) is 15.3. The number of rotatable bonds is 3. The molecule has 3 nitrogen and oxygen atoms in total. The van der Waals surface area contributed by atoms with Gasteiger partial charge in [-0.25, -0.2) is 0 Å². The van der Waals surface area contributed by atoms with Crippen LogP contribution in [0.4, 0.5) is 0 Å². The second-order valence-electron chi connectivity index (χ2n) is 7.81. The minimum atomic E-state index is -0.0776. The fourth-order valence-electron chi connectivity index (χ4n) is 5.05. The molecule has 2 aliphatic heterocycles. The van der Waals surface area contributed by atoms with E-state index in [-0.39, 0.29) is 5.41 Å². The van der Waals surface area contributed by atoms with Crippen LogP contribution in [0, 0.1) is 10.8 Å². The normalized spacial score (nSPS) is 32.5. The van der Waals surface area contributed by atoms with Gasteiger partial charge in [-0.2, -0.15) is 0 Å². The van der Waals surface area contributed by atoms with Crippen LogP contribution in [0.1, 0.15) is 71.1 Å². The lowest BCUT2D eigenvalue weighted by atomic mass is 9.68. The molecule has 1 spiro atoms. The van der Waals surface area contributed by atoms with Crippen molar-refractivity contribution in [3.05, 3.63) is 0 Å². The van der Waals surface area contributed by atoms with E-state index in [9.17, 15) is 4.79 Å². The number of nitrogens with zero attached hydrogens (tertiary/aromatic N) is 1. The maximum Gasteiger partial charge on any atom is 0.230 e. The lowest BCUT2D eigenvalue weighted by Gasteiger charge is -2.46. The Balaban J connectivity index is 1.61. The summed E-state index contributed by atoms with van der Waals surface area (Å²) >= 11 is 0. The lowest BCUT2D eigenvalue weighted by molar-refractivity contribution is -0.144. The summed E-state index contributed by atoms with van der Waals surface area (Å²) in [6.07, 6.45) is 12.8. The van der Waals surface area contributed by atoms with Crippen LogP contribution in [0.5, 0.6) is 0 Å². The molecule has 3 rings (SSSR count). The Kier molecular flexibility index (Phi) is 4.58. The summed E-state index contributed by atoms with van der Waals surface area (Å²) < 4.78 is 0. The first-order valence-corrected chi connectivity index (χ1v) is 9.20. The van der Waals surface area contributed by atoms with Crippen molar-refractivity contribution in [3.63, 3.8) is 0 Å². The van der Waals surface area contributed by atoms with Gasteiger partial charge < -0.3 is 10.2 Å². The summed E-state index contributed by atoms with van der Waals surface area (Å²) in [6.45, 7) is 6.17. The van der Waals surface area contributed by atoms with Gasteiger partial charge in [-0.3, -0.25) is 4.79 Å². The number of carbonyl (C=O) groups is 1. The molecule has 3 heteroatoms. The minimum absolute atomic E-state index is 0.0776. The minimum Gasteiger partial charge on any atom is -0.342 e. The number of likely N-dealkylation sites (tertiary alicyclic amines) is 1. The fourth-order valence-corrected chi connectivity index (χ4v) is 5.05. The number of hydrogen-bond donors (Lipinski definition) is 1. The summed E-state index contributed by atoms with van der Waals surface area (Å²) in [5.41, 5.74) is 0.521. The van der Waals surface area contributed by atoms with Gasteiger partial charge in [0.25, 0.3) is 0 Å². The van der Waals surface area contributed by atoms with Gasteiger partial charge in [-0.15, -0.1) is 0 Å². The Hall–Kier alpha value is -0.570. The third kappa shape index (κ3) is 2.99. The number of nitrogens with one attached hydrogen (secondary N) is 1. The van der Waals surface area contributed by atoms with Crippen molar-refractivity contribution in [2.24, 2.45) is 10.8 Å². The van der Waals surface area contributed by atoms with Gasteiger partial charge in [0, 0.05) is 19.6 Å². The van der Waals surface area contributed by atoms with Gasteiger partial charge in [-0.05, 0) is 50.5 Å². The summed E-state index contributed by atoms with van der Waals surface area (Å²) in [7, 11) is 0. The molecule has 1 unspecified atom stereocenters. The van der Waals surface area contributed by atoms with E-state index in [1.165, 1.54) is 44.9 Å². The molecule has 0 bridgehead atoms. The predicted molar refractivity (Wildman–Crippen MR) is 86.2 cm³/mol. The van der Waals surface area contributed by atoms with Crippen molar-refractivity contribution in [3.8, 4) is 0 Å². The van der Waals surface area contributed by atoms with Crippen molar-refractivity contribution in [1.29, 1.82) is 0 Å². The highest BCUT2D eigenvalue weighted by Crippen LogP contribution is 2.45. The van der Waals surface area contributed by atoms with Crippen molar-refractivity contribution < 1.29 is 4.79 Å². The van der Waals surface area contributed by atoms with E-state index in [1.807, 2.05) is 0 Å². The van der Waals surface area contributed by atoms with Crippen molar-refractivity contribution in [2.45, 2.75) is 71.1 Å². The first-order chi connectivity index (χ1) is 10.2. The molecule has 3 fully saturated rings. The third-order valence-electron chi connectivity index (χ3n) is 6.45. The topological polar surface area (TPSA) is 32.3 Å². The molecule has 0 aromatic rings. The SMILES string of the molecule is CCCC1(C(=O)N2CCC3(CCCCC3)CC2)CCNC1. The number of amides is 1. The zero-order chi connectivity index (χ0) is 14.8. The van der Waals surface area contributed by atoms with E-state index in [0.29, 0.717) is 11.3 Å². The highest BCUT2D eigenvalue weighted by atomic mass is 16.2. The van der Waals surface area contributed by atoms with Crippen LogP contribution >= 0.6 is 0 Å². The summed E-state index contributed by atoms with van der Waals surface area (Å²) in [5.74, 6) is 0.458. The lowest BCUT2D eigenvalue weighted by Crippen LogP contribution is -2.50. The smallest absolute Gasteiger partial charge is 0.230 e. The van der Waals surface area contributed by atoms with Gasteiger partial charge in [0.15, 0.2) is 0 Å². The molecule has 2 saturated heterocycles. The Morgan fingerprint density at radius 2 is 1.76 bits per heavy atom. The van der Waals surface area contributed by atoms with Gasteiger partial charge in [0.2, 0.25) is 5.91 Å². The average Bonchev–Trinajstić information content (AvgIpc) is 2.98. The molecule has 3 aliphatic rings. The molecule has 1 N–H and O–H groups in total. The Bertz CT molecular complexity index is 357. The standard InChI is InChI=1S/C18H32N2O/c1-2-6-18(9-12-19-15-18)16(21)20-13-10-17(11-14-20)7-4-3-5-8-17/h19H,2-15H2,1H3. The quantitative estimate of drug-likeness (QED) is 0.865. The number of carbonyl (C=O) groups excluding carboxylic acids is 1. The Morgan fingerprint density at radius 1 is 1.05 bits per heavy atom. The van der Waals surface area contributed by atoms with Crippen LogP contribution in [0.25, 0.3) is 0 Å². The van der Waals surface area contributed by atoms with Crippen molar-refractivity contribution in [1.82, 2.24) is 10.2 Å². The van der Waals surface area contributed by atoms with Crippen molar-refractivity contribution >= 4 is 5.91 Å². The van der Waals surface area contributed by atoms with E-state index < -0.39 is 0 Å². The third-order valence-corrected chi connectivity index (χ3v) is 6.45. The molecule has 2 heterocycles. The van der Waals surface area contributed by atoms with E-state index in [4.69, 9.17) is 0 Å². The van der Waals surface area contributed by atoms with Crippen LogP contribution in [-0.4, -0.2) is 37.0 Å². The maximum absolute atomic E-state index is 13.1. The Labute approximate surface area is 129 Å². The van der Waals surface area contributed by atoms with E-state index in [0.717, 1.165) is 45.4 Å². The zero-order valence-electron chi connectivity index (χ0n) is 13.8. The molecule has 0 radical (unpaired) electrons. The van der Waals surface area contributed by atoms with Crippen molar-refractivity contribution in [2.75, 3.05) is 26.2 Å². The average molecular weight is 292 g/mol. The van der Waals surface area contributed by atoms with E-state index in [1.54, 1.807) is 0 Å². The zero-order valence-corrected chi connectivity index (χ0v) is 13.8. The molecule has 1 aliphatic carbocycles. The second-order valence-corrected chi connectivity index (χ2v) is 7.81. The molecule has 1 saturated carbocycles. The van der Waals surface area contributed by atoms with Gasteiger partial charge in [0.05, 0.1) is 5.41 Å². The molecule has 1 atom stereocenters. The molecule has 1 amide bonds. The molecule has 0 aromatic carbocycles. The predicted octanol–water partition coefficient (Wildman–Crippen LogP) is 3.34. The maximum atomic E-state index is 13.1. The largest absolute Gasteiger partial charge is 0.342 e. The van der Waals surface area contributed by atoms with Gasteiger partial charge >= 0.3 is 0 Å². The molecular formula is C18H32N2O. The van der Waals surface area contributed by atoms with Crippen LogP contribution in [0.15, 0.2) is 0 Å². The summed E-state index contributed by atoms with van der Waals surface area (Å²) in [4.78, 5) is 15.3. The van der Waals surface area contributed by atoms with Gasteiger partial charge in [0.1, 0.15) is 0 Å². The van der Waals surface area contributed by atoms with Crippen LogP contribution in [0.3, 0.4) is 0 Å².